The van der Waals surface area contributed by atoms with Crippen molar-refractivity contribution in [1.29, 1.82) is 0 Å². The summed E-state index contributed by atoms with van der Waals surface area (Å²) in [4.78, 5) is 0.489. The lowest BCUT2D eigenvalue weighted by Gasteiger charge is -2.09. The van der Waals surface area contributed by atoms with E-state index in [4.69, 9.17) is 40.5 Å². The van der Waals surface area contributed by atoms with E-state index in [1.807, 2.05) is 0 Å². The van der Waals surface area contributed by atoms with Gasteiger partial charge in [-0.1, -0.05) is 40.9 Å². The molecule has 1 atom stereocenters. The molecule has 2 N–H and O–H groups in total. The lowest BCUT2D eigenvalue weighted by atomic mass is 10.2. The molecule has 0 aromatic heterocycles. The monoisotopic (exact) mass is 333 g/mol. The first-order chi connectivity index (χ1) is 8.99. The van der Waals surface area contributed by atoms with E-state index in [9.17, 15) is 4.21 Å². The Bertz CT molecular complexity index is 626. The van der Waals surface area contributed by atoms with Crippen LogP contribution in [0.5, 0.6) is 0 Å². The molecule has 2 rings (SSSR count). The zero-order valence-corrected chi connectivity index (χ0v) is 12.8. The Balaban J connectivity index is 2.34. The third kappa shape index (κ3) is 3.42. The fourth-order valence-corrected chi connectivity index (χ4v) is 3.83. The van der Waals surface area contributed by atoms with E-state index in [0.717, 1.165) is 0 Å². The summed E-state index contributed by atoms with van der Waals surface area (Å²) in [6.07, 6.45) is 0. The normalized spacial score (nSPS) is 12.4. The van der Waals surface area contributed by atoms with Gasteiger partial charge in [-0.15, -0.1) is 0 Å². The zero-order valence-electron chi connectivity index (χ0n) is 9.70. The molecule has 0 amide bonds. The van der Waals surface area contributed by atoms with Crippen LogP contribution in [-0.2, 0) is 16.6 Å². The molecule has 2 aromatic carbocycles. The van der Waals surface area contributed by atoms with Crippen molar-refractivity contribution in [2.45, 2.75) is 10.6 Å². The van der Waals surface area contributed by atoms with Gasteiger partial charge in [-0.3, -0.25) is 4.21 Å². The molecule has 0 aliphatic rings. The van der Waals surface area contributed by atoms with E-state index in [2.05, 4.69) is 0 Å². The second-order valence-corrected chi connectivity index (χ2v) is 6.54. The van der Waals surface area contributed by atoms with Crippen molar-refractivity contribution in [2.24, 2.45) is 0 Å². The summed E-state index contributed by atoms with van der Waals surface area (Å²) in [6, 6.07) is 10.0. The summed E-state index contributed by atoms with van der Waals surface area (Å²) in [7, 11) is -1.36. The molecule has 0 saturated heterocycles. The van der Waals surface area contributed by atoms with Gasteiger partial charge in [-0.05, 0) is 30.3 Å². The van der Waals surface area contributed by atoms with E-state index < -0.39 is 10.8 Å². The Morgan fingerprint density at radius 2 is 1.68 bits per heavy atom. The van der Waals surface area contributed by atoms with Crippen LogP contribution in [0, 0.1) is 0 Å². The SMILES string of the molecule is Nc1ccc(Cl)cc1S(=O)Cc1c(Cl)cccc1Cl. The minimum atomic E-state index is -1.36. The Morgan fingerprint density at radius 3 is 2.32 bits per heavy atom. The van der Waals surface area contributed by atoms with E-state index in [1.54, 1.807) is 36.4 Å². The van der Waals surface area contributed by atoms with Crippen LogP contribution in [0.1, 0.15) is 5.56 Å². The van der Waals surface area contributed by atoms with Gasteiger partial charge in [0.15, 0.2) is 0 Å². The van der Waals surface area contributed by atoms with Gasteiger partial charge in [0.05, 0.1) is 21.4 Å². The van der Waals surface area contributed by atoms with Crippen LogP contribution >= 0.6 is 34.8 Å². The number of halogens is 3. The summed E-state index contributed by atoms with van der Waals surface area (Å²) >= 11 is 18.0. The molecule has 0 spiro atoms. The second kappa shape index (κ2) is 6.14. The maximum atomic E-state index is 12.3. The van der Waals surface area contributed by atoms with Crippen LogP contribution < -0.4 is 5.73 Å². The first-order valence-electron chi connectivity index (χ1n) is 5.35. The average Bonchev–Trinajstić information content (AvgIpc) is 2.37. The Labute approximate surface area is 128 Å². The quantitative estimate of drug-likeness (QED) is 0.838. The van der Waals surface area contributed by atoms with Gasteiger partial charge in [0.25, 0.3) is 0 Å². The maximum absolute atomic E-state index is 12.3. The van der Waals surface area contributed by atoms with Gasteiger partial charge >= 0.3 is 0 Å². The number of rotatable bonds is 3. The Kier molecular flexibility index (Phi) is 4.74. The van der Waals surface area contributed by atoms with Gasteiger partial charge in [0, 0.05) is 26.3 Å². The van der Waals surface area contributed by atoms with Gasteiger partial charge < -0.3 is 5.73 Å². The maximum Gasteiger partial charge on any atom is 0.0635 e. The predicted molar refractivity (Wildman–Crippen MR) is 82.4 cm³/mol. The number of anilines is 1. The van der Waals surface area contributed by atoms with Crippen molar-refractivity contribution in [1.82, 2.24) is 0 Å². The van der Waals surface area contributed by atoms with Crippen LogP contribution in [0.15, 0.2) is 41.3 Å². The van der Waals surface area contributed by atoms with E-state index >= 15 is 0 Å². The molecule has 0 aliphatic heterocycles. The molecule has 0 aliphatic carbocycles. The summed E-state index contributed by atoms with van der Waals surface area (Å²) < 4.78 is 12.3. The number of hydrogen-bond acceptors (Lipinski definition) is 2. The van der Waals surface area contributed by atoms with Crippen molar-refractivity contribution < 1.29 is 4.21 Å². The van der Waals surface area contributed by atoms with Crippen molar-refractivity contribution in [2.75, 3.05) is 5.73 Å². The fraction of sp³-hybridized carbons (Fsp3) is 0.0769. The van der Waals surface area contributed by atoms with Gasteiger partial charge in [0.2, 0.25) is 0 Å². The predicted octanol–water partition coefficient (Wildman–Crippen LogP) is 4.54. The van der Waals surface area contributed by atoms with Crippen LogP contribution in [0.2, 0.25) is 15.1 Å². The summed E-state index contributed by atoms with van der Waals surface area (Å²) in [5.74, 6) is 0.197. The molecule has 6 heteroatoms. The van der Waals surface area contributed by atoms with Gasteiger partial charge in [-0.2, -0.15) is 0 Å². The second-order valence-electron chi connectivity index (χ2n) is 3.87. The van der Waals surface area contributed by atoms with Crippen LogP contribution in [0.4, 0.5) is 5.69 Å². The third-order valence-corrected chi connectivity index (χ3v) is 4.90. The molecular weight excluding hydrogens is 325 g/mol. The van der Waals surface area contributed by atoms with E-state index in [1.165, 1.54) is 0 Å². The standard InChI is InChI=1S/C13H10Cl3NOS/c14-8-4-5-12(17)13(6-8)19(18)7-9-10(15)2-1-3-11(9)16/h1-6H,7,17H2. The molecule has 0 fully saturated rings. The largest absolute Gasteiger partial charge is 0.398 e. The highest BCUT2D eigenvalue weighted by Gasteiger charge is 2.14. The smallest absolute Gasteiger partial charge is 0.0635 e. The molecule has 0 bridgehead atoms. The van der Waals surface area contributed by atoms with Crippen LogP contribution in [0.25, 0.3) is 0 Å². The molecule has 100 valence electrons. The number of nitrogens with two attached hydrogens (primary N) is 1. The molecule has 0 heterocycles. The lowest BCUT2D eigenvalue weighted by Crippen LogP contribution is -2.02. The van der Waals surface area contributed by atoms with Crippen molar-refractivity contribution >= 4 is 51.3 Å². The van der Waals surface area contributed by atoms with E-state index in [-0.39, 0.29) is 5.75 Å². The lowest BCUT2D eigenvalue weighted by molar-refractivity contribution is 0.683. The number of hydrogen-bond donors (Lipinski definition) is 1. The highest BCUT2D eigenvalue weighted by molar-refractivity contribution is 7.84. The average molecular weight is 335 g/mol. The van der Waals surface area contributed by atoms with E-state index in [0.29, 0.717) is 31.2 Å². The first kappa shape index (κ1) is 14.7. The van der Waals surface area contributed by atoms with Crippen LogP contribution in [0.3, 0.4) is 0 Å². The number of nitrogen functional groups attached to an aromatic ring is 1. The molecule has 0 radical (unpaired) electrons. The fourth-order valence-electron chi connectivity index (χ4n) is 1.58. The van der Waals surface area contributed by atoms with Crippen LogP contribution in [-0.4, -0.2) is 4.21 Å². The third-order valence-electron chi connectivity index (χ3n) is 2.56. The summed E-state index contributed by atoms with van der Waals surface area (Å²) in [5.41, 5.74) is 6.88. The van der Waals surface area contributed by atoms with Gasteiger partial charge in [-0.25, -0.2) is 0 Å². The summed E-state index contributed by atoms with van der Waals surface area (Å²) in [5, 5.41) is 1.46. The van der Waals surface area contributed by atoms with Gasteiger partial charge in [0.1, 0.15) is 0 Å². The zero-order chi connectivity index (χ0) is 14.0. The summed E-state index contributed by atoms with van der Waals surface area (Å²) in [6.45, 7) is 0. The highest BCUT2D eigenvalue weighted by Crippen LogP contribution is 2.29. The van der Waals surface area contributed by atoms with Crippen molar-refractivity contribution in [3.8, 4) is 0 Å². The molecule has 2 aromatic rings. The molecule has 19 heavy (non-hydrogen) atoms. The molecule has 0 saturated carbocycles. The molecule has 1 unspecified atom stereocenters. The topological polar surface area (TPSA) is 43.1 Å². The van der Waals surface area contributed by atoms with Crippen molar-refractivity contribution in [3.05, 3.63) is 57.0 Å². The van der Waals surface area contributed by atoms with Crippen molar-refractivity contribution in [3.63, 3.8) is 0 Å². The first-order valence-corrected chi connectivity index (χ1v) is 7.80. The Hall–Kier alpha value is -0.740. The minimum absolute atomic E-state index is 0.197. The highest BCUT2D eigenvalue weighted by atomic mass is 35.5. The Morgan fingerprint density at radius 1 is 1.05 bits per heavy atom. The molecular formula is C13H10Cl3NOS. The minimum Gasteiger partial charge on any atom is -0.398 e. The number of benzene rings is 2. The molecule has 2 nitrogen and oxygen atoms in total.